The molecule has 28 heavy (non-hydrogen) atoms. The summed E-state index contributed by atoms with van der Waals surface area (Å²) < 4.78 is 0. The van der Waals surface area contributed by atoms with E-state index in [-0.39, 0.29) is 0 Å². The summed E-state index contributed by atoms with van der Waals surface area (Å²) in [7, 11) is 0. The topological polar surface area (TPSA) is 87.6 Å². The summed E-state index contributed by atoms with van der Waals surface area (Å²) in [6, 6.07) is 16.0. The van der Waals surface area contributed by atoms with Crippen LogP contribution in [0.3, 0.4) is 0 Å². The lowest BCUT2D eigenvalue weighted by Gasteiger charge is -2.38. The maximum Gasteiger partial charge on any atom is 0.250 e. The van der Waals surface area contributed by atoms with E-state index in [2.05, 4.69) is 34.2 Å². The quantitative estimate of drug-likeness (QED) is 0.609. The lowest BCUT2D eigenvalue weighted by atomic mass is 10.0. The molecule has 2 aromatic rings. The number of primary amides is 1. The van der Waals surface area contributed by atoms with Crippen molar-refractivity contribution in [3.05, 3.63) is 59.7 Å². The molecule has 2 aromatic carbocycles. The fraction of sp³-hybridized carbons (Fsp3) is 0.409. The predicted molar refractivity (Wildman–Crippen MR) is 115 cm³/mol. The molecule has 6 heteroatoms. The Bertz CT molecular complexity index is 786. The zero-order valence-corrected chi connectivity index (χ0v) is 16.6. The van der Waals surface area contributed by atoms with Gasteiger partial charge in [-0.25, -0.2) is 0 Å². The van der Waals surface area contributed by atoms with Crippen LogP contribution in [0.4, 0.5) is 11.4 Å². The number of nitrogens with two attached hydrogens (primary N) is 2. The van der Waals surface area contributed by atoms with Gasteiger partial charge in [0.15, 0.2) is 0 Å². The maximum absolute atomic E-state index is 11.5. The highest BCUT2D eigenvalue weighted by Crippen LogP contribution is 2.17. The van der Waals surface area contributed by atoms with E-state index in [0.29, 0.717) is 11.6 Å². The first-order valence-corrected chi connectivity index (χ1v) is 9.97. The van der Waals surface area contributed by atoms with Crippen LogP contribution in [0.5, 0.6) is 0 Å². The van der Waals surface area contributed by atoms with Crippen LogP contribution in [0, 0.1) is 0 Å². The van der Waals surface area contributed by atoms with Gasteiger partial charge in [0.25, 0.3) is 5.91 Å². The molecule has 1 aliphatic rings. The van der Waals surface area contributed by atoms with Crippen molar-refractivity contribution in [1.82, 2.24) is 9.80 Å². The maximum atomic E-state index is 11.5. The lowest BCUT2D eigenvalue weighted by molar-refractivity contribution is 0.100. The minimum absolute atomic E-state index is 0.398. The molecule has 1 heterocycles. The number of nitrogens with one attached hydrogen (secondary N) is 1. The van der Waals surface area contributed by atoms with Gasteiger partial charge in [-0.3, -0.25) is 14.6 Å². The predicted octanol–water partition coefficient (Wildman–Crippen LogP) is 2.03. The third kappa shape index (κ3) is 5.24. The van der Waals surface area contributed by atoms with Gasteiger partial charge >= 0.3 is 0 Å². The Kier molecular flexibility index (Phi) is 6.90. The molecule has 0 aliphatic carbocycles. The lowest BCUT2D eigenvalue weighted by Crippen LogP contribution is -2.50. The monoisotopic (exact) mass is 381 g/mol. The molecule has 1 fully saturated rings. The van der Waals surface area contributed by atoms with E-state index in [9.17, 15) is 4.79 Å². The molecule has 0 aromatic heterocycles. The van der Waals surface area contributed by atoms with Crippen molar-refractivity contribution in [3.8, 4) is 0 Å². The van der Waals surface area contributed by atoms with Crippen molar-refractivity contribution >= 4 is 17.3 Å². The molecule has 1 atom stereocenters. The van der Waals surface area contributed by atoms with Gasteiger partial charge in [0, 0.05) is 56.7 Å². The SMILES string of the molecule is CC(Cc1ccccc1N)N1CCN(CCNc2ccccc2C(N)=O)CC1. The van der Waals surface area contributed by atoms with Gasteiger partial charge in [0.2, 0.25) is 0 Å². The normalized spacial score (nSPS) is 16.6. The van der Waals surface area contributed by atoms with Crippen LogP contribution in [0.2, 0.25) is 0 Å². The van der Waals surface area contributed by atoms with Gasteiger partial charge < -0.3 is 16.8 Å². The van der Waals surface area contributed by atoms with E-state index >= 15 is 0 Å². The molecular formula is C22H31N5O. The minimum Gasteiger partial charge on any atom is -0.399 e. The Morgan fingerprint density at radius 3 is 2.46 bits per heavy atom. The second-order valence-electron chi connectivity index (χ2n) is 7.47. The first-order valence-electron chi connectivity index (χ1n) is 9.97. The molecule has 0 spiro atoms. The van der Waals surface area contributed by atoms with Crippen molar-refractivity contribution in [2.24, 2.45) is 5.73 Å². The Balaban J connectivity index is 1.42. The molecule has 150 valence electrons. The average molecular weight is 382 g/mol. The van der Waals surface area contributed by atoms with Gasteiger partial charge in [0.05, 0.1) is 5.56 Å². The summed E-state index contributed by atoms with van der Waals surface area (Å²) in [5.41, 5.74) is 15.0. The van der Waals surface area contributed by atoms with Gasteiger partial charge in [-0.15, -0.1) is 0 Å². The first-order chi connectivity index (χ1) is 13.5. The van der Waals surface area contributed by atoms with Crippen molar-refractivity contribution in [1.29, 1.82) is 0 Å². The van der Waals surface area contributed by atoms with Gasteiger partial charge in [-0.1, -0.05) is 30.3 Å². The summed E-state index contributed by atoms with van der Waals surface area (Å²) >= 11 is 0. The summed E-state index contributed by atoms with van der Waals surface area (Å²) in [6.45, 7) is 8.24. The van der Waals surface area contributed by atoms with Crippen LogP contribution >= 0.6 is 0 Å². The second-order valence-corrected chi connectivity index (χ2v) is 7.47. The molecule has 1 saturated heterocycles. The van der Waals surface area contributed by atoms with Gasteiger partial charge in [-0.2, -0.15) is 0 Å². The van der Waals surface area contributed by atoms with Crippen molar-refractivity contribution < 1.29 is 4.79 Å². The van der Waals surface area contributed by atoms with E-state index < -0.39 is 5.91 Å². The van der Waals surface area contributed by atoms with E-state index in [4.69, 9.17) is 11.5 Å². The molecular weight excluding hydrogens is 350 g/mol. The van der Waals surface area contributed by atoms with Gasteiger partial charge in [0.1, 0.15) is 0 Å². The van der Waals surface area contributed by atoms with Crippen LogP contribution in [-0.4, -0.2) is 61.0 Å². The van der Waals surface area contributed by atoms with Crippen molar-refractivity contribution in [2.45, 2.75) is 19.4 Å². The Morgan fingerprint density at radius 2 is 1.75 bits per heavy atom. The molecule has 6 nitrogen and oxygen atoms in total. The fourth-order valence-corrected chi connectivity index (χ4v) is 3.80. The Hall–Kier alpha value is -2.57. The smallest absolute Gasteiger partial charge is 0.250 e. The second kappa shape index (κ2) is 9.57. The summed E-state index contributed by atoms with van der Waals surface area (Å²) in [4.78, 5) is 16.5. The van der Waals surface area contributed by atoms with Gasteiger partial charge in [-0.05, 0) is 37.1 Å². The molecule has 1 amide bonds. The van der Waals surface area contributed by atoms with E-state index in [1.807, 2.05) is 30.3 Å². The number of carbonyl (C=O) groups is 1. The number of nitrogen functional groups attached to an aromatic ring is 1. The molecule has 5 N–H and O–H groups in total. The van der Waals surface area contributed by atoms with Crippen molar-refractivity contribution in [2.75, 3.05) is 50.3 Å². The van der Waals surface area contributed by atoms with Crippen LogP contribution in [0.25, 0.3) is 0 Å². The third-order valence-electron chi connectivity index (χ3n) is 5.54. The standard InChI is InChI=1S/C22H31N5O/c1-17(16-18-6-2-4-8-20(18)23)27-14-12-26(13-15-27)11-10-25-21-9-5-3-7-19(21)22(24)28/h2-9,17,25H,10-16,23H2,1H3,(H2,24,28). The molecule has 1 aliphatic heterocycles. The van der Waals surface area contributed by atoms with Crippen LogP contribution in [0.1, 0.15) is 22.8 Å². The Morgan fingerprint density at radius 1 is 1.07 bits per heavy atom. The average Bonchev–Trinajstić information content (AvgIpc) is 2.70. The number of hydrogen-bond acceptors (Lipinski definition) is 5. The number of carbonyl (C=O) groups excluding carboxylic acids is 1. The minimum atomic E-state index is -0.398. The number of amides is 1. The largest absolute Gasteiger partial charge is 0.399 e. The Labute approximate surface area is 167 Å². The number of hydrogen-bond donors (Lipinski definition) is 3. The van der Waals surface area contributed by atoms with Crippen LogP contribution < -0.4 is 16.8 Å². The summed E-state index contributed by atoms with van der Waals surface area (Å²) in [5, 5.41) is 3.34. The zero-order chi connectivity index (χ0) is 19.9. The third-order valence-corrected chi connectivity index (χ3v) is 5.54. The number of para-hydroxylation sites is 2. The number of anilines is 2. The highest BCUT2D eigenvalue weighted by molar-refractivity contribution is 5.98. The highest BCUT2D eigenvalue weighted by atomic mass is 16.1. The van der Waals surface area contributed by atoms with Crippen LogP contribution in [0.15, 0.2) is 48.5 Å². The number of nitrogens with zero attached hydrogens (tertiary/aromatic N) is 2. The van der Waals surface area contributed by atoms with Crippen LogP contribution in [-0.2, 0) is 6.42 Å². The molecule has 0 bridgehead atoms. The number of rotatable bonds is 8. The number of benzene rings is 2. The number of piperazine rings is 1. The first kappa shape index (κ1) is 20.2. The van der Waals surface area contributed by atoms with E-state index in [1.165, 1.54) is 5.56 Å². The molecule has 0 saturated carbocycles. The summed E-state index contributed by atoms with van der Waals surface area (Å²) in [5.74, 6) is -0.398. The summed E-state index contributed by atoms with van der Waals surface area (Å²) in [6.07, 6.45) is 0.984. The molecule has 3 rings (SSSR count). The van der Waals surface area contributed by atoms with Crippen molar-refractivity contribution in [3.63, 3.8) is 0 Å². The van der Waals surface area contributed by atoms with E-state index in [0.717, 1.165) is 57.1 Å². The highest BCUT2D eigenvalue weighted by Gasteiger charge is 2.21. The fourth-order valence-electron chi connectivity index (χ4n) is 3.80. The molecule has 1 unspecified atom stereocenters. The zero-order valence-electron chi connectivity index (χ0n) is 16.6. The van der Waals surface area contributed by atoms with E-state index in [1.54, 1.807) is 6.07 Å². The molecule has 0 radical (unpaired) electrons.